The van der Waals surface area contributed by atoms with Gasteiger partial charge < -0.3 is 0 Å². The highest BCUT2D eigenvalue weighted by molar-refractivity contribution is 9.12. The van der Waals surface area contributed by atoms with Crippen molar-refractivity contribution in [2.45, 2.75) is 11.8 Å². The zero-order chi connectivity index (χ0) is 14.0. The lowest BCUT2D eigenvalue weighted by Gasteiger charge is -2.02. The van der Waals surface area contributed by atoms with Crippen LogP contribution in [0.4, 0.5) is 0 Å². The fourth-order valence-corrected chi connectivity index (χ4v) is 5.53. The van der Waals surface area contributed by atoms with E-state index in [4.69, 9.17) is 0 Å². The zero-order valence-corrected chi connectivity index (χ0v) is 14.8. The summed E-state index contributed by atoms with van der Waals surface area (Å²) < 4.78 is 13.8. The lowest BCUT2D eigenvalue weighted by atomic mass is 10.2. The molecule has 0 aliphatic rings. The fraction of sp³-hybridized carbons (Fsp3) is 0.154. The monoisotopic (exact) mass is 420 g/mol. The van der Waals surface area contributed by atoms with Crippen molar-refractivity contribution in [2.75, 3.05) is 5.75 Å². The number of carbonyl (C=O) groups is 1. The van der Waals surface area contributed by atoms with E-state index in [1.165, 1.54) is 11.3 Å². The number of thiophene rings is 1. The van der Waals surface area contributed by atoms with E-state index < -0.39 is 10.8 Å². The summed E-state index contributed by atoms with van der Waals surface area (Å²) in [6, 6.07) is 9.18. The predicted molar refractivity (Wildman–Crippen MR) is 86.5 cm³/mol. The van der Waals surface area contributed by atoms with E-state index in [0.29, 0.717) is 10.5 Å². The molecule has 2 rings (SSSR count). The lowest BCUT2D eigenvalue weighted by Crippen LogP contribution is -2.10. The Morgan fingerprint density at radius 2 is 2.05 bits per heavy atom. The number of halogens is 2. The summed E-state index contributed by atoms with van der Waals surface area (Å²) in [4.78, 5) is 12.8. The van der Waals surface area contributed by atoms with E-state index in [2.05, 4.69) is 31.9 Å². The van der Waals surface area contributed by atoms with Crippen molar-refractivity contribution in [3.8, 4) is 0 Å². The van der Waals surface area contributed by atoms with Gasteiger partial charge in [0.1, 0.15) is 0 Å². The average Bonchev–Trinajstić information content (AvgIpc) is 2.68. The van der Waals surface area contributed by atoms with Crippen molar-refractivity contribution in [1.29, 1.82) is 0 Å². The summed E-state index contributed by atoms with van der Waals surface area (Å²) in [5, 5.41) is 0. The number of rotatable bonds is 4. The Hall–Kier alpha value is -0.300. The van der Waals surface area contributed by atoms with Crippen molar-refractivity contribution in [3.05, 3.63) is 49.0 Å². The Kier molecular flexibility index (Phi) is 5.11. The molecular weight excluding hydrogens is 412 g/mol. The molecule has 0 saturated heterocycles. The molecule has 0 radical (unpaired) electrons. The van der Waals surface area contributed by atoms with Gasteiger partial charge in [0.2, 0.25) is 0 Å². The molecule has 1 atom stereocenters. The SMILES string of the molecule is Cc1cccc(S(=O)CC(=O)c2cc(Br)sc2Br)c1. The second-order valence-electron chi connectivity index (χ2n) is 3.97. The molecule has 2 nitrogen and oxygen atoms in total. The topological polar surface area (TPSA) is 34.1 Å². The van der Waals surface area contributed by atoms with Crippen LogP contribution in [0.1, 0.15) is 15.9 Å². The van der Waals surface area contributed by atoms with Crippen LogP contribution < -0.4 is 0 Å². The van der Waals surface area contributed by atoms with Gasteiger partial charge in [-0.15, -0.1) is 11.3 Å². The summed E-state index contributed by atoms with van der Waals surface area (Å²) in [5.74, 6) is -0.112. The maximum atomic E-state index is 12.2. The molecule has 0 saturated carbocycles. The van der Waals surface area contributed by atoms with Gasteiger partial charge in [0.05, 0.1) is 24.1 Å². The van der Waals surface area contributed by atoms with Crippen molar-refractivity contribution in [1.82, 2.24) is 0 Å². The van der Waals surface area contributed by atoms with Gasteiger partial charge in [0.25, 0.3) is 0 Å². The zero-order valence-electron chi connectivity index (χ0n) is 9.98. The highest BCUT2D eigenvalue weighted by Crippen LogP contribution is 2.32. The molecule has 1 aromatic heterocycles. The standard InChI is InChI=1S/C13H10Br2O2S2/c1-8-3-2-4-9(5-8)19(17)7-11(16)10-6-12(14)18-13(10)15/h2-6H,7H2,1H3. The van der Waals surface area contributed by atoms with Crippen LogP contribution in [-0.4, -0.2) is 15.7 Å². The molecular formula is C13H10Br2O2S2. The van der Waals surface area contributed by atoms with Gasteiger partial charge in [-0.2, -0.15) is 0 Å². The first kappa shape index (κ1) is 15.1. The predicted octanol–water partition coefficient (Wildman–Crippen LogP) is 4.57. The summed E-state index contributed by atoms with van der Waals surface area (Å²) >= 11 is 8.11. The second kappa shape index (κ2) is 6.43. The first-order valence-corrected chi connectivity index (χ1v) is 9.12. The molecule has 1 aromatic carbocycles. The summed E-state index contributed by atoms with van der Waals surface area (Å²) in [5.41, 5.74) is 1.62. The van der Waals surface area contributed by atoms with Gasteiger partial charge in [-0.05, 0) is 62.5 Å². The van der Waals surface area contributed by atoms with Crippen LogP contribution >= 0.6 is 43.2 Å². The highest BCUT2D eigenvalue weighted by atomic mass is 79.9. The number of carbonyl (C=O) groups excluding carboxylic acids is 1. The molecule has 0 N–H and O–H groups in total. The van der Waals surface area contributed by atoms with Gasteiger partial charge in [-0.25, -0.2) is 0 Å². The largest absolute Gasteiger partial charge is 0.293 e. The second-order valence-corrected chi connectivity index (χ2v) is 9.17. The van der Waals surface area contributed by atoms with E-state index in [1.54, 1.807) is 12.1 Å². The first-order chi connectivity index (χ1) is 8.97. The smallest absolute Gasteiger partial charge is 0.177 e. The van der Waals surface area contributed by atoms with Gasteiger partial charge in [-0.1, -0.05) is 12.1 Å². The van der Waals surface area contributed by atoms with Gasteiger partial charge in [0.15, 0.2) is 5.78 Å². The Morgan fingerprint density at radius 3 is 2.63 bits per heavy atom. The number of benzene rings is 1. The minimum Gasteiger partial charge on any atom is -0.293 e. The quantitative estimate of drug-likeness (QED) is 0.677. The number of hydrogen-bond acceptors (Lipinski definition) is 3. The van der Waals surface area contributed by atoms with Crippen molar-refractivity contribution >= 4 is 59.8 Å². The molecule has 0 aliphatic heterocycles. The minimum absolute atomic E-state index is 0.00519. The number of hydrogen-bond donors (Lipinski definition) is 0. The minimum atomic E-state index is -1.30. The van der Waals surface area contributed by atoms with Crippen LogP contribution in [0.15, 0.2) is 42.8 Å². The third-order valence-corrected chi connectivity index (χ3v) is 6.12. The molecule has 0 fully saturated rings. The van der Waals surface area contributed by atoms with Crippen molar-refractivity contribution < 1.29 is 9.00 Å². The third kappa shape index (κ3) is 3.84. The summed E-state index contributed by atoms with van der Waals surface area (Å²) in [6.07, 6.45) is 0. The Morgan fingerprint density at radius 1 is 1.32 bits per heavy atom. The molecule has 100 valence electrons. The van der Waals surface area contributed by atoms with Gasteiger partial charge >= 0.3 is 0 Å². The molecule has 19 heavy (non-hydrogen) atoms. The number of aryl methyl sites for hydroxylation is 1. The molecule has 0 spiro atoms. The van der Waals surface area contributed by atoms with E-state index in [-0.39, 0.29) is 11.5 Å². The van der Waals surface area contributed by atoms with Gasteiger partial charge in [0, 0.05) is 10.5 Å². The maximum absolute atomic E-state index is 12.2. The molecule has 1 heterocycles. The molecule has 0 aliphatic carbocycles. The van der Waals surface area contributed by atoms with Crippen molar-refractivity contribution in [3.63, 3.8) is 0 Å². The Labute approximate surface area is 134 Å². The number of Topliss-reactive ketones (excluding diaryl/α,β-unsaturated/α-hetero) is 1. The van der Waals surface area contributed by atoms with Crippen LogP contribution in [-0.2, 0) is 10.8 Å². The first-order valence-electron chi connectivity index (χ1n) is 5.40. The fourth-order valence-electron chi connectivity index (χ4n) is 1.57. The van der Waals surface area contributed by atoms with Crippen LogP contribution in [0.3, 0.4) is 0 Å². The van der Waals surface area contributed by atoms with Crippen LogP contribution in [0.2, 0.25) is 0 Å². The van der Waals surface area contributed by atoms with Crippen molar-refractivity contribution in [2.24, 2.45) is 0 Å². The van der Waals surface area contributed by atoms with E-state index >= 15 is 0 Å². The van der Waals surface area contributed by atoms with E-state index in [9.17, 15) is 9.00 Å². The van der Waals surface area contributed by atoms with Crippen LogP contribution in [0.5, 0.6) is 0 Å². The third-order valence-electron chi connectivity index (χ3n) is 2.47. The van der Waals surface area contributed by atoms with E-state index in [0.717, 1.165) is 13.1 Å². The molecule has 0 amide bonds. The van der Waals surface area contributed by atoms with Crippen LogP contribution in [0, 0.1) is 6.92 Å². The maximum Gasteiger partial charge on any atom is 0.177 e. The molecule has 1 unspecified atom stereocenters. The molecule has 6 heteroatoms. The highest BCUT2D eigenvalue weighted by Gasteiger charge is 2.17. The average molecular weight is 422 g/mol. The summed E-state index contributed by atoms with van der Waals surface area (Å²) in [7, 11) is -1.30. The molecule has 2 aromatic rings. The normalized spacial score (nSPS) is 12.4. The Bertz CT molecular complexity index is 650. The van der Waals surface area contributed by atoms with Gasteiger partial charge in [-0.3, -0.25) is 9.00 Å². The van der Waals surface area contributed by atoms with E-state index in [1.807, 2.05) is 25.1 Å². The summed E-state index contributed by atoms with van der Waals surface area (Å²) in [6.45, 7) is 1.94. The Balaban J connectivity index is 2.15. The number of ketones is 1. The molecule has 0 bridgehead atoms. The van der Waals surface area contributed by atoms with Crippen LogP contribution in [0.25, 0.3) is 0 Å². The lowest BCUT2D eigenvalue weighted by molar-refractivity contribution is 0.102.